The summed E-state index contributed by atoms with van der Waals surface area (Å²) in [5, 5.41) is 3.88. The number of aromatic nitrogens is 1. The van der Waals surface area contributed by atoms with E-state index in [1.165, 1.54) is 11.8 Å². The average Bonchev–Trinajstić information content (AvgIpc) is 3.04. The van der Waals surface area contributed by atoms with Crippen molar-refractivity contribution in [3.63, 3.8) is 0 Å². The number of esters is 1. The highest BCUT2D eigenvalue weighted by atomic mass is 32.1. The fourth-order valence-electron chi connectivity index (χ4n) is 2.46. The van der Waals surface area contributed by atoms with Gasteiger partial charge in [0.1, 0.15) is 0 Å². The van der Waals surface area contributed by atoms with Gasteiger partial charge in [0.25, 0.3) is 0 Å². The average molecular weight is 354 g/mol. The second-order valence-corrected chi connectivity index (χ2v) is 6.66. The molecule has 0 bridgehead atoms. The Kier molecular flexibility index (Phi) is 5.40. The summed E-state index contributed by atoms with van der Waals surface area (Å²) in [5.41, 5.74) is 2.13. The summed E-state index contributed by atoms with van der Waals surface area (Å²) in [4.78, 5) is 28.0. The van der Waals surface area contributed by atoms with Gasteiger partial charge in [-0.2, -0.15) is 0 Å². The van der Waals surface area contributed by atoms with Gasteiger partial charge < -0.3 is 10.1 Å². The summed E-state index contributed by atoms with van der Waals surface area (Å²) >= 11 is 1.67. The number of rotatable bonds is 6. The monoisotopic (exact) mass is 354 g/mol. The molecule has 128 valence electrons. The zero-order valence-corrected chi connectivity index (χ0v) is 14.6. The number of nitrogens with one attached hydrogen (secondary N) is 1. The van der Waals surface area contributed by atoms with Gasteiger partial charge in [0.2, 0.25) is 5.91 Å². The molecule has 2 aromatic carbocycles. The largest absolute Gasteiger partial charge is 0.465 e. The highest BCUT2D eigenvalue weighted by molar-refractivity contribution is 7.18. The van der Waals surface area contributed by atoms with Crippen LogP contribution in [0.2, 0.25) is 0 Å². The van der Waals surface area contributed by atoms with Crippen LogP contribution in [0.1, 0.15) is 28.2 Å². The summed E-state index contributed by atoms with van der Waals surface area (Å²) in [6.45, 7) is 0. The molecule has 0 saturated heterocycles. The van der Waals surface area contributed by atoms with Crippen LogP contribution in [0, 0.1) is 0 Å². The molecule has 0 atom stereocenters. The maximum atomic E-state index is 12.0. The van der Waals surface area contributed by atoms with Gasteiger partial charge in [0.15, 0.2) is 0 Å². The van der Waals surface area contributed by atoms with E-state index in [1.807, 2.05) is 18.2 Å². The molecule has 0 aliphatic carbocycles. The minimum Gasteiger partial charge on any atom is -0.465 e. The number of hydrogen-bond acceptors (Lipinski definition) is 5. The van der Waals surface area contributed by atoms with Crippen LogP contribution in [0.15, 0.2) is 48.5 Å². The SMILES string of the molecule is COC(=O)c1ccc(NC(=O)CCCc2nc3ccccc3s2)cc1. The summed E-state index contributed by atoms with van der Waals surface area (Å²) in [6.07, 6.45) is 1.95. The molecule has 0 unspecified atom stereocenters. The number of carbonyl (C=O) groups excluding carboxylic acids is 2. The number of nitrogens with zero attached hydrogens (tertiary/aromatic N) is 1. The molecule has 0 aliphatic heterocycles. The molecule has 1 aromatic heterocycles. The van der Waals surface area contributed by atoms with Crippen molar-refractivity contribution >= 4 is 39.1 Å². The van der Waals surface area contributed by atoms with E-state index in [1.54, 1.807) is 35.6 Å². The van der Waals surface area contributed by atoms with Gasteiger partial charge in [-0.1, -0.05) is 12.1 Å². The Morgan fingerprint density at radius 1 is 1.12 bits per heavy atom. The van der Waals surface area contributed by atoms with E-state index in [-0.39, 0.29) is 5.91 Å². The third kappa shape index (κ3) is 4.42. The minimum absolute atomic E-state index is 0.0491. The molecule has 0 saturated carbocycles. The maximum absolute atomic E-state index is 12.0. The second kappa shape index (κ2) is 7.90. The van der Waals surface area contributed by atoms with Gasteiger partial charge >= 0.3 is 5.97 Å². The normalized spacial score (nSPS) is 10.6. The van der Waals surface area contributed by atoms with Crippen molar-refractivity contribution in [3.05, 3.63) is 59.1 Å². The Balaban J connectivity index is 1.48. The van der Waals surface area contributed by atoms with Crippen LogP contribution in [0.5, 0.6) is 0 Å². The van der Waals surface area contributed by atoms with Crippen molar-refractivity contribution in [1.29, 1.82) is 0 Å². The first-order chi connectivity index (χ1) is 12.2. The number of methoxy groups -OCH3 is 1. The van der Waals surface area contributed by atoms with Crippen LogP contribution in [-0.2, 0) is 16.0 Å². The molecular weight excluding hydrogens is 336 g/mol. The smallest absolute Gasteiger partial charge is 0.337 e. The van der Waals surface area contributed by atoms with Crippen molar-refractivity contribution in [2.45, 2.75) is 19.3 Å². The predicted octanol–water partition coefficient (Wildman–Crippen LogP) is 4.04. The molecule has 25 heavy (non-hydrogen) atoms. The number of fused-ring (bicyclic) bond motifs is 1. The summed E-state index contributed by atoms with van der Waals surface area (Å²) in [6, 6.07) is 14.7. The molecule has 0 radical (unpaired) electrons. The Morgan fingerprint density at radius 2 is 1.88 bits per heavy atom. The van der Waals surface area contributed by atoms with Crippen LogP contribution >= 0.6 is 11.3 Å². The summed E-state index contributed by atoms with van der Waals surface area (Å²) in [7, 11) is 1.34. The van der Waals surface area contributed by atoms with Crippen molar-refractivity contribution in [1.82, 2.24) is 4.98 Å². The summed E-state index contributed by atoms with van der Waals surface area (Å²) < 4.78 is 5.82. The number of thiazole rings is 1. The summed E-state index contributed by atoms with van der Waals surface area (Å²) in [5.74, 6) is -0.444. The molecule has 3 rings (SSSR count). The molecular formula is C19H18N2O3S. The van der Waals surface area contributed by atoms with Crippen LogP contribution in [-0.4, -0.2) is 24.0 Å². The molecule has 1 N–H and O–H groups in total. The van der Waals surface area contributed by atoms with Crippen molar-refractivity contribution in [3.8, 4) is 0 Å². The number of carbonyl (C=O) groups is 2. The topological polar surface area (TPSA) is 68.3 Å². The number of benzene rings is 2. The second-order valence-electron chi connectivity index (χ2n) is 5.55. The molecule has 3 aromatic rings. The first kappa shape index (κ1) is 17.1. The standard InChI is InChI=1S/C19H18N2O3S/c1-24-19(23)13-9-11-14(12-10-13)20-17(22)7-4-8-18-21-15-5-2-3-6-16(15)25-18/h2-3,5-6,9-12H,4,7-8H2,1H3,(H,20,22). The number of anilines is 1. The first-order valence-electron chi connectivity index (χ1n) is 7.98. The number of amides is 1. The van der Waals surface area contributed by atoms with E-state index < -0.39 is 5.97 Å². The zero-order chi connectivity index (χ0) is 17.6. The van der Waals surface area contributed by atoms with Crippen LogP contribution in [0.25, 0.3) is 10.2 Å². The fourth-order valence-corrected chi connectivity index (χ4v) is 3.47. The van der Waals surface area contributed by atoms with Gasteiger partial charge in [-0.3, -0.25) is 4.79 Å². The lowest BCUT2D eigenvalue weighted by Crippen LogP contribution is -2.11. The first-order valence-corrected chi connectivity index (χ1v) is 8.80. The van der Waals surface area contributed by atoms with E-state index in [2.05, 4.69) is 21.1 Å². The van der Waals surface area contributed by atoms with E-state index in [9.17, 15) is 9.59 Å². The molecule has 0 spiro atoms. The number of ether oxygens (including phenoxy) is 1. The lowest BCUT2D eigenvalue weighted by atomic mass is 10.2. The van der Waals surface area contributed by atoms with Gasteiger partial charge in [0, 0.05) is 12.1 Å². The van der Waals surface area contributed by atoms with Gasteiger partial charge in [-0.25, -0.2) is 9.78 Å². The number of para-hydroxylation sites is 1. The minimum atomic E-state index is -0.395. The molecule has 5 nitrogen and oxygen atoms in total. The highest BCUT2D eigenvalue weighted by Gasteiger charge is 2.08. The Morgan fingerprint density at radius 3 is 2.60 bits per heavy atom. The van der Waals surface area contributed by atoms with E-state index in [0.717, 1.165) is 23.4 Å². The molecule has 1 heterocycles. The quantitative estimate of drug-likeness (QED) is 0.678. The molecule has 6 heteroatoms. The lowest BCUT2D eigenvalue weighted by molar-refractivity contribution is -0.116. The zero-order valence-electron chi connectivity index (χ0n) is 13.8. The molecule has 0 aliphatic rings. The van der Waals surface area contributed by atoms with Gasteiger partial charge in [0.05, 0.1) is 27.9 Å². The van der Waals surface area contributed by atoms with Gasteiger partial charge in [-0.15, -0.1) is 11.3 Å². The number of hydrogen-bond donors (Lipinski definition) is 1. The molecule has 0 fully saturated rings. The van der Waals surface area contributed by atoms with Crippen LogP contribution in [0.3, 0.4) is 0 Å². The van der Waals surface area contributed by atoms with Crippen LogP contribution in [0.4, 0.5) is 5.69 Å². The highest BCUT2D eigenvalue weighted by Crippen LogP contribution is 2.22. The fraction of sp³-hybridized carbons (Fsp3) is 0.211. The van der Waals surface area contributed by atoms with E-state index in [4.69, 9.17) is 0 Å². The predicted molar refractivity (Wildman–Crippen MR) is 99.0 cm³/mol. The third-order valence-corrected chi connectivity index (χ3v) is 4.82. The third-order valence-electron chi connectivity index (χ3n) is 3.72. The number of aryl methyl sites for hydroxylation is 1. The Bertz CT molecular complexity index is 854. The lowest BCUT2D eigenvalue weighted by Gasteiger charge is -2.05. The van der Waals surface area contributed by atoms with Crippen LogP contribution < -0.4 is 5.32 Å². The van der Waals surface area contributed by atoms with Crippen molar-refractivity contribution < 1.29 is 14.3 Å². The van der Waals surface area contributed by atoms with Gasteiger partial charge in [-0.05, 0) is 49.2 Å². The Hall–Kier alpha value is -2.73. The molecule has 1 amide bonds. The van der Waals surface area contributed by atoms with Crippen molar-refractivity contribution in [2.24, 2.45) is 0 Å². The van der Waals surface area contributed by atoms with E-state index >= 15 is 0 Å². The Labute approximate surface area is 149 Å². The van der Waals surface area contributed by atoms with Crippen molar-refractivity contribution in [2.75, 3.05) is 12.4 Å². The van der Waals surface area contributed by atoms with E-state index in [0.29, 0.717) is 17.7 Å². The maximum Gasteiger partial charge on any atom is 0.337 e.